The summed E-state index contributed by atoms with van der Waals surface area (Å²) in [6.45, 7) is 8.53. The largest absolute Gasteiger partial charge is 0.353 e. The molecule has 2 unspecified atom stereocenters. The Morgan fingerprint density at radius 2 is 2.29 bits per heavy atom. The van der Waals surface area contributed by atoms with Crippen molar-refractivity contribution in [3.8, 4) is 0 Å². The van der Waals surface area contributed by atoms with Gasteiger partial charge in [-0.15, -0.1) is 0 Å². The highest BCUT2D eigenvalue weighted by molar-refractivity contribution is 5.82. The summed E-state index contributed by atoms with van der Waals surface area (Å²) in [6, 6.07) is 0.254. The van der Waals surface area contributed by atoms with E-state index in [0.29, 0.717) is 18.5 Å². The fourth-order valence-corrected chi connectivity index (χ4v) is 1.91. The van der Waals surface area contributed by atoms with Crippen molar-refractivity contribution in [1.29, 1.82) is 0 Å². The van der Waals surface area contributed by atoms with Crippen LogP contribution in [0.4, 0.5) is 0 Å². The molecule has 4 heteroatoms. The molecule has 1 amide bonds. The molecule has 0 aliphatic carbocycles. The Bertz CT molecular complexity index is 206. The quantitative estimate of drug-likeness (QED) is 0.661. The Morgan fingerprint density at radius 1 is 1.64 bits per heavy atom. The molecule has 82 valence electrons. The van der Waals surface area contributed by atoms with E-state index in [0.717, 1.165) is 13.1 Å². The molecule has 1 aliphatic heterocycles. The van der Waals surface area contributed by atoms with Crippen LogP contribution in [0.1, 0.15) is 20.8 Å². The van der Waals surface area contributed by atoms with Crippen LogP contribution >= 0.6 is 0 Å². The van der Waals surface area contributed by atoms with Crippen molar-refractivity contribution in [1.82, 2.24) is 10.2 Å². The number of nitrogens with two attached hydrogens (primary N) is 1. The number of carbonyl (C=O) groups excluding carboxylic acids is 1. The van der Waals surface area contributed by atoms with Gasteiger partial charge in [0, 0.05) is 25.7 Å². The minimum absolute atomic E-state index is 0.0752. The highest BCUT2D eigenvalue weighted by Gasteiger charge is 2.32. The van der Waals surface area contributed by atoms with Crippen molar-refractivity contribution in [2.24, 2.45) is 11.7 Å². The molecule has 1 heterocycles. The number of carbonyl (C=O) groups is 1. The van der Waals surface area contributed by atoms with Crippen molar-refractivity contribution < 1.29 is 4.79 Å². The van der Waals surface area contributed by atoms with Gasteiger partial charge in [0.25, 0.3) is 0 Å². The second kappa shape index (κ2) is 4.75. The lowest BCUT2D eigenvalue weighted by atomic mass is 10.1. The minimum atomic E-state index is -0.138. The van der Waals surface area contributed by atoms with Gasteiger partial charge in [-0.1, -0.05) is 13.8 Å². The molecule has 2 atom stereocenters. The van der Waals surface area contributed by atoms with Crippen molar-refractivity contribution in [2.75, 3.05) is 19.6 Å². The number of hydrogen-bond acceptors (Lipinski definition) is 3. The SMILES string of the molecule is CC(C)CN1C(C)CNC(=O)C1CN. The second-order valence-electron chi connectivity index (χ2n) is 4.44. The highest BCUT2D eigenvalue weighted by atomic mass is 16.2. The molecule has 1 saturated heterocycles. The normalized spacial score (nSPS) is 29.4. The van der Waals surface area contributed by atoms with E-state index in [1.807, 2.05) is 0 Å². The second-order valence-corrected chi connectivity index (χ2v) is 4.44. The Morgan fingerprint density at radius 3 is 2.79 bits per heavy atom. The average molecular weight is 199 g/mol. The van der Waals surface area contributed by atoms with Gasteiger partial charge in [-0.05, 0) is 12.8 Å². The molecule has 4 nitrogen and oxygen atoms in total. The summed E-state index contributed by atoms with van der Waals surface area (Å²) in [5.74, 6) is 0.642. The van der Waals surface area contributed by atoms with Gasteiger partial charge in [0.2, 0.25) is 5.91 Å². The van der Waals surface area contributed by atoms with Gasteiger partial charge in [0.15, 0.2) is 0 Å². The lowest BCUT2D eigenvalue weighted by Gasteiger charge is -2.40. The Labute approximate surface area is 85.8 Å². The van der Waals surface area contributed by atoms with Gasteiger partial charge in [-0.25, -0.2) is 0 Å². The van der Waals surface area contributed by atoms with Crippen LogP contribution in [0.3, 0.4) is 0 Å². The van der Waals surface area contributed by atoms with Crippen LogP contribution in [0.2, 0.25) is 0 Å². The van der Waals surface area contributed by atoms with Crippen LogP contribution in [0.5, 0.6) is 0 Å². The molecular weight excluding hydrogens is 178 g/mol. The van der Waals surface area contributed by atoms with Crippen LogP contribution in [0.25, 0.3) is 0 Å². The van der Waals surface area contributed by atoms with Gasteiger partial charge in [0.1, 0.15) is 6.04 Å². The zero-order valence-corrected chi connectivity index (χ0v) is 9.29. The zero-order chi connectivity index (χ0) is 10.7. The molecule has 0 spiro atoms. The van der Waals surface area contributed by atoms with Gasteiger partial charge in [-0.3, -0.25) is 9.69 Å². The number of amides is 1. The monoisotopic (exact) mass is 199 g/mol. The van der Waals surface area contributed by atoms with E-state index in [-0.39, 0.29) is 11.9 Å². The van der Waals surface area contributed by atoms with Crippen molar-refractivity contribution in [3.63, 3.8) is 0 Å². The van der Waals surface area contributed by atoms with Crippen molar-refractivity contribution in [3.05, 3.63) is 0 Å². The molecule has 14 heavy (non-hydrogen) atoms. The lowest BCUT2D eigenvalue weighted by molar-refractivity contribution is -0.130. The van der Waals surface area contributed by atoms with E-state index in [1.54, 1.807) is 0 Å². The third-order valence-corrected chi connectivity index (χ3v) is 2.64. The fraction of sp³-hybridized carbons (Fsp3) is 0.900. The molecule has 0 aromatic rings. The summed E-state index contributed by atoms with van der Waals surface area (Å²) in [4.78, 5) is 13.7. The standard InChI is InChI=1S/C10H21N3O/c1-7(2)6-13-8(3)5-12-10(14)9(13)4-11/h7-9H,4-6,11H2,1-3H3,(H,12,14). The molecule has 1 aliphatic rings. The summed E-state index contributed by atoms with van der Waals surface area (Å²) in [5, 5.41) is 2.88. The average Bonchev–Trinajstić information content (AvgIpc) is 2.11. The summed E-state index contributed by atoms with van der Waals surface area (Å²) in [6.07, 6.45) is 0. The number of rotatable bonds is 3. The van der Waals surface area contributed by atoms with E-state index in [1.165, 1.54) is 0 Å². The Kier molecular flexibility index (Phi) is 3.89. The number of hydrogen-bond donors (Lipinski definition) is 2. The third kappa shape index (κ3) is 2.45. The van der Waals surface area contributed by atoms with E-state index in [4.69, 9.17) is 5.73 Å². The summed E-state index contributed by atoms with van der Waals surface area (Å²) < 4.78 is 0. The molecule has 3 N–H and O–H groups in total. The Balaban J connectivity index is 2.68. The van der Waals surface area contributed by atoms with Gasteiger partial charge < -0.3 is 11.1 Å². The van der Waals surface area contributed by atoms with Gasteiger partial charge >= 0.3 is 0 Å². The first-order valence-corrected chi connectivity index (χ1v) is 5.29. The molecule has 0 bridgehead atoms. The summed E-state index contributed by atoms with van der Waals surface area (Å²) in [7, 11) is 0. The van der Waals surface area contributed by atoms with E-state index < -0.39 is 0 Å². The minimum Gasteiger partial charge on any atom is -0.353 e. The maximum Gasteiger partial charge on any atom is 0.238 e. The summed E-state index contributed by atoms with van der Waals surface area (Å²) in [5.41, 5.74) is 5.62. The smallest absolute Gasteiger partial charge is 0.238 e. The number of nitrogens with one attached hydrogen (secondary N) is 1. The van der Waals surface area contributed by atoms with E-state index in [9.17, 15) is 4.79 Å². The fourth-order valence-electron chi connectivity index (χ4n) is 1.91. The predicted octanol–water partition coefficient (Wildman–Crippen LogP) is -0.210. The van der Waals surface area contributed by atoms with E-state index >= 15 is 0 Å². The van der Waals surface area contributed by atoms with Crippen LogP contribution in [-0.2, 0) is 4.79 Å². The zero-order valence-electron chi connectivity index (χ0n) is 9.29. The van der Waals surface area contributed by atoms with Crippen LogP contribution in [0, 0.1) is 5.92 Å². The summed E-state index contributed by atoms with van der Waals surface area (Å²) >= 11 is 0. The van der Waals surface area contributed by atoms with E-state index in [2.05, 4.69) is 31.0 Å². The van der Waals surface area contributed by atoms with Crippen LogP contribution < -0.4 is 11.1 Å². The third-order valence-electron chi connectivity index (χ3n) is 2.64. The topological polar surface area (TPSA) is 58.4 Å². The first-order valence-electron chi connectivity index (χ1n) is 5.29. The van der Waals surface area contributed by atoms with Crippen molar-refractivity contribution in [2.45, 2.75) is 32.9 Å². The van der Waals surface area contributed by atoms with Crippen molar-refractivity contribution >= 4 is 5.91 Å². The van der Waals surface area contributed by atoms with Crippen LogP contribution in [-0.4, -0.2) is 42.5 Å². The molecule has 0 aromatic heterocycles. The first-order chi connectivity index (χ1) is 6.56. The highest BCUT2D eigenvalue weighted by Crippen LogP contribution is 2.12. The molecule has 0 saturated carbocycles. The predicted molar refractivity (Wildman–Crippen MR) is 56.9 cm³/mol. The lowest BCUT2D eigenvalue weighted by Crippen LogP contribution is -2.62. The maximum atomic E-state index is 11.5. The molecule has 1 fully saturated rings. The number of nitrogens with zero attached hydrogens (tertiary/aromatic N) is 1. The van der Waals surface area contributed by atoms with Gasteiger partial charge in [0.05, 0.1) is 0 Å². The van der Waals surface area contributed by atoms with Crippen LogP contribution in [0.15, 0.2) is 0 Å². The molecule has 0 radical (unpaired) electrons. The Hall–Kier alpha value is -0.610. The molecule has 1 rings (SSSR count). The number of piperazine rings is 1. The van der Waals surface area contributed by atoms with Gasteiger partial charge in [-0.2, -0.15) is 0 Å². The maximum absolute atomic E-state index is 11.5. The molecular formula is C10H21N3O. The first kappa shape index (κ1) is 11.5. The molecule has 0 aromatic carbocycles.